The van der Waals surface area contributed by atoms with Gasteiger partial charge in [0.15, 0.2) is 5.16 Å². The molecule has 0 unspecified atom stereocenters. The van der Waals surface area contributed by atoms with Crippen LogP contribution in [-0.2, 0) is 12.8 Å². The van der Waals surface area contributed by atoms with E-state index in [-0.39, 0.29) is 0 Å². The van der Waals surface area contributed by atoms with Gasteiger partial charge in [-0.3, -0.25) is 0 Å². The number of hydrogen-bond donors (Lipinski definition) is 0. The molecular weight excluding hydrogens is 260 g/mol. The quantitative estimate of drug-likeness (QED) is 0.800. The molecule has 5 nitrogen and oxygen atoms in total. The van der Waals surface area contributed by atoms with E-state index in [1.807, 2.05) is 30.7 Å². The average Bonchev–Trinajstić information content (AvgIpc) is 2.76. The van der Waals surface area contributed by atoms with Crippen LogP contribution in [0.1, 0.15) is 17.0 Å². The lowest BCUT2D eigenvalue weighted by molar-refractivity contribution is 0.411. The van der Waals surface area contributed by atoms with Crippen LogP contribution in [0.2, 0.25) is 0 Å². The molecule has 1 aromatic heterocycles. The number of methoxy groups -OCH3 is 1. The summed E-state index contributed by atoms with van der Waals surface area (Å²) in [7, 11) is 3.56. The summed E-state index contributed by atoms with van der Waals surface area (Å²) in [4.78, 5) is 0. The zero-order valence-corrected chi connectivity index (χ0v) is 11.9. The number of rotatable bonds is 4. The predicted molar refractivity (Wildman–Crippen MR) is 73.0 cm³/mol. The molecule has 2 aromatic rings. The SMILES string of the molecule is COc1ccc(C#N)cc1CSc1nnc(C)n1C. The third-order valence-electron chi connectivity index (χ3n) is 2.82. The fourth-order valence-electron chi connectivity index (χ4n) is 1.62. The minimum Gasteiger partial charge on any atom is -0.496 e. The van der Waals surface area contributed by atoms with Gasteiger partial charge in [-0.25, -0.2) is 0 Å². The first-order chi connectivity index (χ1) is 9.15. The highest BCUT2D eigenvalue weighted by atomic mass is 32.2. The van der Waals surface area contributed by atoms with Gasteiger partial charge in [0.05, 0.1) is 18.7 Å². The summed E-state index contributed by atoms with van der Waals surface area (Å²) in [6, 6.07) is 7.54. The van der Waals surface area contributed by atoms with Gasteiger partial charge in [0.2, 0.25) is 0 Å². The van der Waals surface area contributed by atoms with Crippen molar-refractivity contribution < 1.29 is 4.74 Å². The van der Waals surface area contributed by atoms with Crippen LogP contribution >= 0.6 is 11.8 Å². The van der Waals surface area contributed by atoms with E-state index in [1.165, 1.54) is 0 Å². The fraction of sp³-hybridized carbons (Fsp3) is 0.308. The molecule has 0 fully saturated rings. The van der Waals surface area contributed by atoms with E-state index in [1.54, 1.807) is 24.9 Å². The summed E-state index contributed by atoms with van der Waals surface area (Å²) in [6.45, 7) is 1.91. The smallest absolute Gasteiger partial charge is 0.191 e. The topological polar surface area (TPSA) is 63.7 Å². The molecule has 0 radical (unpaired) electrons. The van der Waals surface area contributed by atoms with Crippen LogP contribution in [0.25, 0.3) is 0 Å². The molecule has 1 heterocycles. The van der Waals surface area contributed by atoms with E-state index in [0.29, 0.717) is 11.3 Å². The second-order valence-electron chi connectivity index (χ2n) is 4.02. The molecule has 6 heteroatoms. The van der Waals surface area contributed by atoms with Crippen molar-refractivity contribution in [1.82, 2.24) is 14.8 Å². The highest BCUT2D eigenvalue weighted by Crippen LogP contribution is 2.27. The molecule has 0 aliphatic heterocycles. The minimum atomic E-state index is 0.630. The summed E-state index contributed by atoms with van der Waals surface area (Å²) in [5.74, 6) is 2.34. The largest absolute Gasteiger partial charge is 0.496 e. The second kappa shape index (κ2) is 5.76. The normalized spacial score (nSPS) is 10.2. The molecular formula is C13H14N4OS. The van der Waals surface area contributed by atoms with Gasteiger partial charge >= 0.3 is 0 Å². The second-order valence-corrected chi connectivity index (χ2v) is 4.96. The van der Waals surface area contributed by atoms with Crippen LogP contribution in [0.5, 0.6) is 5.75 Å². The van der Waals surface area contributed by atoms with Crippen LogP contribution in [0, 0.1) is 18.3 Å². The molecule has 98 valence electrons. The lowest BCUT2D eigenvalue weighted by Gasteiger charge is -2.08. The van der Waals surface area contributed by atoms with Crippen molar-refractivity contribution in [3.63, 3.8) is 0 Å². The number of ether oxygens (including phenoxy) is 1. The molecule has 0 bridgehead atoms. The minimum absolute atomic E-state index is 0.630. The molecule has 0 saturated carbocycles. The van der Waals surface area contributed by atoms with Gasteiger partial charge in [-0.2, -0.15) is 5.26 Å². The summed E-state index contributed by atoms with van der Waals surface area (Å²) >= 11 is 1.57. The number of nitriles is 1. The average molecular weight is 274 g/mol. The van der Waals surface area contributed by atoms with Gasteiger partial charge in [-0.15, -0.1) is 10.2 Å². The van der Waals surface area contributed by atoms with Crippen molar-refractivity contribution in [1.29, 1.82) is 5.26 Å². The van der Waals surface area contributed by atoms with E-state index < -0.39 is 0 Å². The van der Waals surface area contributed by atoms with Gasteiger partial charge in [0.1, 0.15) is 11.6 Å². The molecule has 0 aliphatic carbocycles. The van der Waals surface area contributed by atoms with Crippen LogP contribution in [-0.4, -0.2) is 21.9 Å². The summed E-state index contributed by atoms with van der Waals surface area (Å²) in [5, 5.41) is 17.9. The van der Waals surface area contributed by atoms with Gasteiger partial charge in [0, 0.05) is 18.4 Å². The van der Waals surface area contributed by atoms with Crippen LogP contribution < -0.4 is 4.74 Å². The number of aryl methyl sites for hydroxylation is 1. The van der Waals surface area contributed by atoms with Gasteiger partial charge < -0.3 is 9.30 Å². The monoisotopic (exact) mass is 274 g/mol. The number of nitrogens with zero attached hydrogens (tertiary/aromatic N) is 4. The third-order valence-corrected chi connectivity index (χ3v) is 3.89. The Morgan fingerprint density at radius 3 is 2.79 bits per heavy atom. The Hall–Kier alpha value is -2.00. The Labute approximate surface area is 116 Å². The Kier molecular flexibility index (Phi) is 4.07. The lowest BCUT2D eigenvalue weighted by Crippen LogP contribution is -1.95. The van der Waals surface area contributed by atoms with Crippen molar-refractivity contribution in [2.24, 2.45) is 7.05 Å². The molecule has 0 N–H and O–H groups in total. The van der Waals surface area contributed by atoms with Gasteiger partial charge in [0.25, 0.3) is 0 Å². The fourth-order valence-corrected chi connectivity index (χ4v) is 2.55. The van der Waals surface area contributed by atoms with Crippen molar-refractivity contribution in [2.45, 2.75) is 17.8 Å². The molecule has 0 spiro atoms. The highest BCUT2D eigenvalue weighted by molar-refractivity contribution is 7.98. The zero-order valence-electron chi connectivity index (χ0n) is 11.0. The van der Waals surface area contributed by atoms with Gasteiger partial charge in [-0.05, 0) is 25.1 Å². The molecule has 0 atom stereocenters. The van der Waals surface area contributed by atoms with Crippen molar-refractivity contribution in [3.05, 3.63) is 35.2 Å². The molecule has 19 heavy (non-hydrogen) atoms. The standard InChI is InChI=1S/C13H14N4OS/c1-9-15-16-13(17(9)2)19-8-11-6-10(7-14)4-5-12(11)18-3/h4-6H,8H2,1-3H3. The lowest BCUT2D eigenvalue weighted by atomic mass is 10.1. The summed E-state index contributed by atoms with van der Waals surface area (Å²) in [6.07, 6.45) is 0. The maximum Gasteiger partial charge on any atom is 0.191 e. The molecule has 2 rings (SSSR count). The Morgan fingerprint density at radius 1 is 1.42 bits per heavy atom. The Balaban J connectivity index is 2.19. The van der Waals surface area contributed by atoms with E-state index in [4.69, 9.17) is 10.00 Å². The predicted octanol–water partition coefficient (Wildman–Crippen LogP) is 2.30. The Bertz CT molecular complexity index is 630. The molecule has 1 aromatic carbocycles. The first-order valence-corrected chi connectivity index (χ1v) is 6.70. The molecule has 0 amide bonds. The molecule has 0 aliphatic rings. The van der Waals surface area contributed by atoms with Crippen LogP contribution in [0.4, 0.5) is 0 Å². The Morgan fingerprint density at radius 2 is 2.21 bits per heavy atom. The van der Waals surface area contributed by atoms with Crippen molar-refractivity contribution in [2.75, 3.05) is 7.11 Å². The van der Waals surface area contributed by atoms with E-state index in [2.05, 4.69) is 16.3 Å². The van der Waals surface area contributed by atoms with E-state index >= 15 is 0 Å². The first kappa shape index (κ1) is 13.4. The van der Waals surface area contributed by atoms with Gasteiger partial charge in [-0.1, -0.05) is 11.8 Å². The van der Waals surface area contributed by atoms with E-state index in [9.17, 15) is 0 Å². The van der Waals surface area contributed by atoms with Crippen LogP contribution in [0.15, 0.2) is 23.4 Å². The first-order valence-electron chi connectivity index (χ1n) is 5.71. The number of thioether (sulfide) groups is 1. The molecule has 0 saturated heterocycles. The highest BCUT2D eigenvalue weighted by Gasteiger charge is 2.09. The van der Waals surface area contributed by atoms with Crippen LogP contribution in [0.3, 0.4) is 0 Å². The number of hydrogen-bond acceptors (Lipinski definition) is 5. The maximum atomic E-state index is 8.93. The van der Waals surface area contributed by atoms with Crippen molar-refractivity contribution >= 4 is 11.8 Å². The number of aromatic nitrogens is 3. The van der Waals surface area contributed by atoms with E-state index in [0.717, 1.165) is 22.3 Å². The summed E-state index contributed by atoms with van der Waals surface area (Å²) < 4.78 is 7.24. The third kappa shape index (κ3) is 2.88. The summed E-state index contributed by atoms with van der Waals surface area (Å²) in [5.41, 5.74) is 1.61. The zero-order chi connectivity index (χ0) is 13.8. The maximum absolute atomic E-state index is 8.93. The number of benzene rings is 1. The van der Waals surface area contributed by atoms with Crippen molar-refractivity contribution in [3.8, 4) is 11.8 Å².